The number of carbonyl (C=O) groups is 1. The number of aliphatic hydroxyl groups excluding tert-OH is 1. The van der Waals surface area contributed by atoms with Gasteiger partial charge in [-0.2, -0.15) is 0 Å². The second-order valence-corrected chi connectivity index (χ2v) is 10.9. The number of carbonyl (C=O) groups excluding carboxylic acids is 1. The molecule has 2 aromatic rings. The van der Waals surface area contributed by atoms with Gasteiger partial charge in [0.1, 0.15) is 0 Å². The van der Waals surface area contributed by atoms with Crippen LogP contribution in [0.5, 0.6) is 0 Å². The minimum Gasteiger partial charge on any atom is -0.392 e. The number of sulfone groups is 1. The fourth-order valence-corrected chi connectivity index (χ4v) is 5.07. The molecule has 0 atom stereocenters. The van der Waals surface area contributed by atoms with Crippen molar-refractivity contribution in [1.29, 1.82) is 0 Å². The van der Waals surface area contributed by atoms with Crippen LogP contribution in [0.4, 0.5) is 20.2 Å². The molecule has 34 heavy (non-hydrogen) atoms. The second-order valence-electron chi connectivity index (χ2n) is 8.90. The molecule has 0 aromatic heterocycles. The predicted octanol–water partition coefficient (Wildman–Crippen LogP) is 2.78. The average molecular weight is 494 g/mol. The Labute approximate surface area is 198 Å². The highest BCUT2D eigenvalue weighted by Crippen LogP contribution is 2.33. The number of anilines is 2. The van der Waals surface area contributed by atoms with Gasteiger partial charge in [-0.25, -0.2) is 17.2 Å². The lowest BCUT2D eigenvalue weighted by atomic mass is 10.0. The van der Waals surface area contributed by atoms with Gasteiger partial charge in [-0.1, -0.05) is 12.1 Å². The molecule has 7 nitrogen and oxygen atoms in total. The number of alkyl halides is 2. The summed E-state index contributed by atoms with van der Waals surface area (Å²) in [7, 11) is -3.54. The summed E-state index contributed by atoms with van der Waals surface area (Å²) < 4.78 is 51.7. The van der Waals surface area contributed by atoms with Gasteiger partial charge in [0.2, 0.25) is 0 Å². The number of hydrogen-bond donors (Lipinski definition) is 1. The van der Waals surface area contributed by atoms with Crippen molar-refractivity contribution in [3.05, 3.63) is 53.6 Å². The Morgan fingerprint density at radius 1 is 0.941 bits per heavy atom. The number of halogens is 2. The van der Waals surface area contributed by atoms with Crippen LogP contribution >= 0.6 is 0 Å². The van der Waals surface area contributed by atoms with Gasteiger partial charge in [-0.15, -0.1) is 0 Å². The highest BCUT2D eigenvalue weighted by molar-refractivity contribution is 7.90. The Kier molecular flexibility index (Phi) is 6.82. The summed E-state index contributed by atoms with van der Waals surface area (Å²) in [5.74, 6) is -3.02. The molecule has 2 aliphatic rings. The van der Waals surface area contributed by atoms with E-state index < -0.39 is 15.8 Å². The van der Waals surface area contributed by atoms with Gasteiger partial charge in [-0.05, 0) is 35.9 Å². The first-order valence-corrected chi connectivity index (χ1v) is 13.2. The molecule has 0 bridgehead atoms. The number of amides is 1. The summed E-state index contributed by atoms with van der Waals surface area (Å²) in [5, 5.41) is 9.22. The molecule has 2 fully saturated rings. The zero-order valence-electron chi connectivity index (χ0n) is 19.1. The number of piperazine rings is 1. The van der Waals surface area contributed by atoms with E-state index in [4.69, 9.17) is 0 Å². The Bertz CT molecular complexity index is 1140. The zero-order chi connectivity index (χ0) is 24.5. The molecule has 0 unspecified atom stereocenters. The molecule has 1 N–H and O–H groups in total. The smallest absolute Gasteiger partial charge is 0.256 e. The predicted molar refractivity (Wildman–Crippen MR) is 126 cm³/mol. The highest BCUT2D eigenvalue weighted by Gasteiger charge is 2.35. The monoisotopic (exact) mass is 493 g/mol. The molecule has 2 aromatic carbocycles. The molecule has 2 saturated heterocycles. The minimum atomic E-state index is -3.54. The summed E-state index contributed by atoms with van der Waals surface area (Å²) in [4.78, 5) is 19.1. The molecule has 10 heteroatoms. The van der Waals surface area contributed by atoms with E-state index >= 15 is 0 Å². The normalized spacial score (nSPS) is 18.8. The third kappa shape index (κ3) is 5.33. The van der Waals surface area contributed by atoms with Gasteiger partial charge in [0.05, 0.1) is 17.1 Å². The maximum absolute atomic E-state index is 13.7. The second kappa shape index (κ2) is 9.50. The van der Waals surface area contributed by atoms with Crippen molar-refractivity contribution in [3.8, 4) is 0 Å². The molecule has 0 aliphatic carbocycles. The molecular formula is C24H29F2N3O4S. The van der Waals surface area contributed by atoms with Crippen LogP contribution in [-0.2, 0) is 16.4 Å². The Hall–Kier alpha value is -2.72. The van der Waals surface area contributed by atoms with Crippen molar-refractivity contribution in [1.82, 2.24) is 4.90 Å². The van der Waals surface area contributed by atoms with Gasteiger partial charge in [0.25, 0.3) is 11.8 Å². The largest absolute Gasteiger partial charge is 0.392 e. The van der Waals surface area contributed by atoms with Gasteiger partial charge in [-0.3, -0.25) is 4.79 Å². The fraction of sp³-hybridized carbons (Fsp3) is 0.458. The first kappa shape index (κ1) is 24.4. The van der Waals surface area contributed by atoms with E-state index in [9.17, 15) is 27.1 Å². The number of aliphatic hydroxyl groups is 1. The molecule has 184 valence electrons. The lowest BCUT2D eigenvalue weighted by molar-refractivity contribution is -0.0220. The van der Waals surface area contributed by atoms with E-state index in [1.807, 2.05) is 24.3 Å². The van der Waals surface area contributed by atoms with Crippen molar-refractivity contribution in [3.63, 3.8) is 0 Å². The van der Waals surface area contributed by atoms with Crippen molar-refractivity contribution < 1.29 is 27.1 Å². The van der Waals surface area contributed by atoms with Gasteiger partial charge >= 0.3 is 0 Å². The third-order valence-electron chi connectivity index (χ3n) is 6.51. The van der Waals surface area contributed by atoms with Crippen molar-refractivity contribution >= 4 is 27.1 Å². The SMILES string of the molecule is CS(=O)(=O)c1ccc(N2CCC(F)(F)CC2)c(C(=O)N2CCN(c3ccc(CO)cc3)CC2)c1. The van der Waals surface area contributed by atoms with Crippen molar-refractivity contribution in [2.45, 2.75) is 30.3 Å². The topological polar surface area (TPSA) is 81.2 Å². The molecule has 2 aliphatic heterocycles. The average Bonchev–Trinajstić information content (AvgIpc) is 2.83. The number of hydrogen-bond acceptors (Lipinski definition) is 6. The quantitative estimate of drug-likeness (QED) is 0.690. The fourth-order valence-electron chi connectivity index (χ4n) is 4.42. The maximum Gasteiger partial charge on any atom is 0.256 e. The number of benzene rings is 2. The Balaban J connectivity index is 1.54. The van der Waals surface area contributed by atoms with Crippen LogP contribution in [0.25, 0.3) is 0 Å². The van der Waals surface area contributed by atoms with E-state index in [0.29, 0.717) is 31.9 Å². The van der Waals surface area contributed by atoms with E-state index in [1.165, 1.54) is 12.1 Å². The summed E-state index contributed by atoms with van der Waals surface area (Å²) in [6, 6.07) is 12.0. The molecule has 4 rings (SSSR count). The standard InChI is InChI=1S/C24H29F2N3O4S/c1-34(32,33)20-6-7-22(28-10-8-24(25,26)9-11-28)21(16-20)23(31)29-14-12-27(13-15-29)19-4-2-18(17-30)3-5-19/h2-7,16,30H,8-15,17H2,1H3. The highest BCUT2D eigenvalue weighted by atomic mass is 32.2. The number of nitrogens with zero attached hydrogens (tertiary/aromatic N) is 3. The third-order valence-corrected chi connectivity index (χ3v) is 7.62. The summed E-state index contributed by atoms with van der Waals surface area (Å²) >= 11 is 0. The molecule has 0 radical (unpaired) electrons. The van der Waals surface area contributed by atoms with Crippen LogP contribution in [0.2, 0.25) is 0 Å². The van der Waals surface area contributed by atoms with Gasteiger partial charge < -0.3 is 19.8 Å². The lowest BCUT2D eigenvalue weighted by Crippen LogP contribution is -2.49. The minimum absolute atomic E-state index is 0.0217. The first-order valence-electron chi connectivity index (χ1n) is 11.3. The van der Waals surface area contributed by atoms with Crippen LogP contribution in [-0.4, -0.2) is 75.8 Å². The molecule has 1 amide bonds. The molecule has 0 spiro atoms. The van der Waals surface area contributed by atoms with E-state index in [1.54, 1.807) is 15.9 Å². The number of piperidine rings is 1. The van der Waals surface area contributed by atoms with Crippen LogP contribution in [0.15, 0.2) is 47.4 Å². The first-order chi connectivity index (χ1) is 16.1. The Morgan fingerprint density at radius 3 is 2.12 bits per heavy atom. The van der Waals surface area contributed by atoms with Crippen molar-refractivity contribution in [2.24, 2.45) is 0 Å². The zero-order valence-corrected chi connectivity index (χ0v) is 19.9. The van der Waals surface area contributed by atoms with E-state index in [0.717, 1.165) is 17.5 Å². The Morgan fingerprint density at radius 2 is 1.56 bits per heavy atom. The van der Waals surface area contributed by atoms with E-state index in [-0.39, 0.29) is 48.9 Å². The molecule has 2 heterocycles. The van der Waals surface area contributed by atoms with Crippen LogP contribution in [0.1, 0.15) is 28.8 Å². The number of rotatable bonds is 5. The van der Waals surface area contributed by atoms with Crippen LogP contribution in [0, 0.1) is 0 Å². The van der Waals surface area contributed by atoms with E-state index in [2.05, 4.69) is 4.90 Å². The summed E-state index contributed by atoms with van der Waals surface area (Å²) in [5.41, 5.74) is 2.55. The van der Waals surface area contributed by atoms with Crippen LogP contribution < -0.4 is 9.80 Å². The van der Waals surface area contributed by atoms with Crippen molar-refractivity contribution in [2.75, 3.05) is 55.3 Å². The summed E-state index contributed by atoms with van der Waals surface area (Å²) in [6.45, 7) is 2.27. The summed E-state index contributed by atoms with van der Waals surface area (Å²) in [6.07, 6.45) is 0.475. The maximum atomic E-state index is 13.7. The lowest BCUT2D eigenvalue weighted by Gasteiger charge is -2.38. The molecule has 0 saturated carbocycles. The van der Waals surface area contributed by atoms with Crippen LogP contribution in [0.3, 0.4) is 0 Å². The van der Waals surface area contributed by atoms with Gasteiger partial charge in [0.15, 0.2) is 9.84 Å². The molecular weight excluding hydrogens is 464 g/mol. The van der Waals surface area contributed by atoms with Gasteiger partial charge in [0, 0.05) is 69.7 Å².